The maximum atomic E-state index is 14.2. The average Bonchev–Trinajstić information content (AvgIpc) is 3.72. The number of amides is 3. The largest absolute Gasteiger partial charge is 0.444 e. The molecule has 2 aromatic heterocycles. The molecule has 15 heteroatoms. The van der Waals surface area contributed by atoms with E-state index in [4.69, 9.17) is 10.5 Å². The molecular weight excluding hydrogens is 715 g/mol. The Balaban J connectivity index is 1.20. The SMILES string of the molecule is CC(C)c1nc2cc(C(F)(F)F)c(-c3ccc(C[C@H](N)C(=O)N(c4ccc5[nH]c(=O)[nH]c5c4)C(=O)[C@H]4CC[C@H](CNC(=O)OC(C)(C)C)CC4)cc3)cc2[nH]1. The van der Waals surface area contributed by atoms with E-state index in [0.29, 0.717) is 65.7 Å². The summed E-state index contributed by atoms with van der Waals surface area (Å²) in [4.78, 5) is 66.3. The summed E-state index contributed by atoms with van der Waals surface area (Å²) in [7, 11) is 0. The molecule has 2 heterocycles. The van der Waals surface area contributed by atoms with Gasteiger partial charge in [0.25, 0.3) is 5.91 Å². The Labute approximate surface area is 315 Å². The van der Waals surface area contributed by atoms with Gasteiger partial charge in [-0.15, -0.1) is 0 Å². The molecule has 1 aliphatic carbocycles. The Bertz CT molecular complexity index is 2260. The van der Waals surface area contributed by atoms with Gasteiger partial charge in [0.1, 0.15) is 11.4 Å². The normalized spacial score (nSPS) is 17.1. The van der Waals surface area contributed by atoms with Crippen molar-refractivity contribution in [1.29, 1.82) is 0 Å². The Morgan fingerprint density at radius 1 is 0.927 bits per heavy atom. The quantitative estimate of drug-likeness (QED) is 0.105. The van der Waals surface area contributed by atoms with Gasteiger partial charge in [-0.1, -0.05) is 38.1 Å². The molecule has 0 bridgehead atoms. The van der Waals surface area contributed by atoms with Gasteiger partial charge in [-0.3, -0.25) is 9.59 Å². The number of benzene rings is 3. The number of hydrogen-bond acceptors (Lipinski definition) is 7. The highest BCUT2D eigenvalue weighted by Crippen LogP contribution is 2.40. The predicted octanol–water partition coefficient (Wildman–Crippen LogP) is 7.30. The second-order valence-electron chi connectivity index (χ2n) is 15.6. The van der Waals surface area contributed by atoms with E-state index in [1.54, 1.807) is 63.2 Å². The topological polar surface area (TPSA) is 179 Å². The molecule has 1 saturated carbocycles. The third kappa shape index (κ3) is 9.10. The van der Waals surface area contributed by atoms with Gasteiger partial charge >= 0.3 is 18.0 Å². The summed E-state index contributed by atoms with van der Waals surface area (Å²) in [5.74, 6) is -0.883. The molecule has 0 unspecified atom stereocenters. The van der Waals surface area contributed by atoms with E-state index >= 15 is 0 Å². The zero-order valence-corrected chi connectivity index (χ0v) is 31.4. The highest BCUT2D eigenvalue weighted by molar-refractivity contribution is 6.17. The second-order valence-corrected chi connectivity index (χ2v) is 15.6. The molecule has 6 rings (SSSR count). The molecule has 5 aromatic rings. The Kier molecular flexibility index (Phi) is 11.0. The minimum absolute atomic E-state index is 0.00133. The summed E-state index contributed by atoms with van der Waals surface area (Å²) >= 11 is 0. The fourth-order valence-electron chi connectivity index (χ4n) is 7.01. The van der Waals surface area contributed by atoms with Crippen LogP contribution in [0.2, 0.25) is 0 Å². The number of rotatable bonds is 9. The van der Waals surface area contributed by atoms with Crippen LogP contribution >= 0.6 is 0 Å². The Hall–Kier alpha value is -5.44. The lowest BCUT2D eigenvalue weighted by atomic mass is 9.81. The first-order valence-electron chi connectivity index (χ1n) is 18.4. The van der Waals surface area contributed by atoms with Crippen molar-refractivity contribution in [1.82, 2.24) is 25.3 Å². The number of carbonyl (C=O) groups is 3. The fourth-order valence-corrected chi connectivity index (χ4v) is 7.01. The Morgan fingerprint density at radius 2 is 1.60 bits per heavy atom. The number of aromatic nitrogens is 4. The van der Waals surface area contributed by atoms with E-state index in [1.165, 1.54) is 6.07 Å². The first-order chi connectivity index (χ1) is 25.9. The minimum atomic E-state index is -4.63. The molecular formula is C40H46F3N7O5. The van der Waals surface area contributed by atoms with Crippen molar-refractivity contribution >= 4 is 45.7 Å². The van der Waals surface area contributed by atoms with Crippen LogP contribution in [0.25, 0.3) is 33.2 Å². The zero-order valence-electron chi connectivity index (χ0n) is 31.4. The number of hydrogen-bond donors (Lipinski definition) is 5. The number of nitrogens with zero attached hydrogens (tertiary/aromatic N) is 2. The van der Waals surface area contributed by atoms with E-state index < -0.39 is 52.9 Å². The van der Waals surface area contributed by atoms with Crippen LogP contribution in [-0.4, -0.2) is 56.0 Å². The van der Waals surface area contributed by atoms with Gasteiger partial charge in [0.15, 0.2) is 0 Å². The van der Waals surface area contributed by atoms with Crippen molar-refractivity contribution in [3.05, 3.63) is 82.0 Å². The third-order valence-electron chi connectivity index (χ3n) is 9.86. The van der Waals surface area contributed by atoms with Crippen LogP contribution in [0.1, 0.15) is 83.2 Å². The zero-order chi connectivity index (χ0) is 39.8. The van der Waals surface area contributed by atoms with E-state index in [-0.39, 0.29) is 35.0 Å². The summed E-state index contributed by atoms with van der Waals surface area (Å²) in [6.07, 6.45) is -2.91. The van der Waals surface area contributed by atoms with Crippen LogP contribution in [0, 0.1) is 11.8 Å². The number of carbonyl (C=O) groups excluding carboxylic acids is 3. The number of imidazole rings is 2. The van der Waals surface area contributed by atoms with Crippen molar-refractivity contribution in [3.63, 3.8) is 0 Å². The molecule has 0 saturated heterocycles. The highest BCUT2D eigenvalue weighted by atomic mass is 19.4. The number of alkyl carbamates (subject to hydrolysis) is 1. The molecule has 3 aromatic carbocycles. The fraction of sp³-hybridized carbons (Fsp3) is 0.425. The second kappa shape index (κ2) is 15.4. The van der Waals surface area contributed by atoms with Crippen molar-refractivity contribution in [3.8, 4) is 11.1 Å². The molecule has 0 radical (unpaired) electrons. The van der Waals surface area contributed by atoms with Crippen LogP contribution in [0.5, 0.6) is 0 Å². The molecule has 1 aliphatic rings. The molecule has 3 amide bonds. The number of halogens is 3. The monoisotopic (exact) mass is 761 g/mol. The van der Waals surface area contributed by atoms with Gasteiger partial charge in [-0.05, 0) is 106 Å². The minimum Gasteiger partial charge on any atom is -0.444 e. The van der Waals surface area contributed by atoms with Crippen LogP contribution < -0.4 is 21.6 Å². The van der Waals surface area contributed by atoms with Crippen molar-refractivity contribution in [2.75, 3.05) is 11.4 Å². The lowest BCUT2D eigenvalue weighted by molar-refractivity contribution is -0.137. The predicted molar refractivity (Wildman–Crippen MR) is 203 cm³/mol. The molecule has 1 atom stereocenters. The van der Waals surface area contributed by atoms with Crippen LogP contribution in [0.3, 0.4) is 0 Å². The first-order valence-corrected chi connectivity index (χ1v) is 18.4. The van der Waals surface area contributed by atoms with E-state index in [9.17, 15) is 32.3 Å². The molecule has 292 valence electrons. The van der Waals surface area contributed by atoms with Gasteiger partial charge in [0, 0.05) is 18.4 Å². The van der Waals surface area contributed by atoms with Crippen molar-refractivity contribution < 1.29 is 32.3 Å². The summed E-state index contributed by atoms with van der Waals surface area (Å²) < 4.78 is 48.0. The third-order valence-corrected chi connectivity index (χ3v) is 9.86. The number of H-pyrrole nitrogens is 3. The summed E-state index contributed by atoms with van der Waals surface area (Å²) in [6, 6.07) is 12.4. The number of fused-ring (bicyclic) bond motifs is 2. The van der Waals surface area contributed by atoms with E-state index in [1.807, 2.05) is 13.8 Å². The molecule has 0 aliphatic heterocycles. The maximum absolute atomic E-state index is 14.2. The summed E-state index contributed by atoms with van der Waals surface area (Å²) in [6.45, 7) is 9.55. The molecule has 0 spiro atoms. The number of ether oxygens (including phenoxy) is 1. The van der Waals surface area contributed by atoms with Crippen molar-refractivity contribution in [2.24, 2.45) is 17.6 Å². The number of nitrogens with two attached hydrogens (primary N) is 1. The van der Waals surface area contributed by atoms with E-state index in [2.05, 4.69) is 25.3 Å². The molecule has 1 fully saturated rings. The van der Waals surface area contributed by atoms with Crippen molar-refractivity contribution in [2.45, 2.75) is 90.5 Å². The molecule has 12 nitrogen and oxygen atoms in total. The average molecular weight is 762 g/mol. The smallest absolute Gasteiger partial charge is 0.417 e. The summed E-state index contributed by atoms with van der Waals surface area (Å²) in [5.41, 5.74) is 7.36. The van der Waals surface area contributed by atoms with Crippen LogP contribution in [0.15, 0.2) is 59.4 Å². The summed E-state index contributed by atoms with van der Waals surface area (Å²) in [5, 5.41) is 2.80. The lowest BCUT2D eigenvalue weighted by Crippen LogP contribution is -2.50. The van der Waals surface area contributed by atoms with Gasteiger partial charge in [-0.2, -0.15) is 13.2 Å². The van der Waals surface area contributed by atoms with Crippen LogP contribution in [-0.2, 0) is 26.9 Å². The number of nitrogens with one attached hydrogen (secondary N) is 4. The lowest BCUT2D eigenvalue weighted by Gasteiger charge is -2.32. The molecule has 55 heavy (non-hydrogen) atoms. The highest BCUT2D eigenvalue weighted by Gasteiger charge is 2.37. The maximum Gasteiger partial charge on any atom is 0.417 e. The van der Waals surface area contributed by atoms with Crippen LogP contribution in [0.4, 0.5) is 23.7 Å². The van der Waals surface area contributed by atoms with Gasteiger partial charge in [-0.25, -0.2) is 19.5 Å². The molecule has 6 N–H and O–H groups in total. The first kappa shape index (κ1) is 39.3. The Morgan fingerprint density at radius 3 is 2.24 bits per heavy atom. The number of anilines is 1. The van der Waals surface area contributed by atoms with Gasteiger partial charge in [0.05, 0.1) is 39.4 Å². The van der Waals surface area contributed by atoms with Gasteiger partial charge < -0.3 is 30.7 Å². The van der Waals surface area contributed by atoms with Gasteiger partial charge in [0.2, 0.25) is 5.91 Å². The number of imide groups is 1. The number of aromatic amines is 3. The van der Waals surface area contributed by atoms with E-state index in [0.717, 1.165) is 11.0 Å². The standard InChI is InChI=1S/C40H46F3N7O5/c1-21(2)34-46-32-18-27(28(40(41,42)43)19-33(32)47-34)24-10-6-22(7-11-24)16-29(44)36(52)50(26-14-15-30-31(17-26)49-37(53)48-30)35(51)25-12-8-23(9-13-25)20-45-38(54)55-39(3,4)5/h6-7,10-11,14-15,17-19,21,23,25,29H,8-9,12-13,16,20,44H2,1-5H3,(H,45,54)(H,46,47)(H2,48,49,53)/t23-,25-,29-/m0/s1. The number of alkyl halides is 3.